The molecular weight excluding hydrogens is 1160 g/mol. The summed E-state index contributed by atoms with van der Waals surface area (Å²) in [7, 11) is 1.44. The molecule has 4 saturated heterocycles. The van der Waals surface area contributed by atoms with Crippen molar-refractivity contribution in [3.63, 3.8) is 0 Å². The van der Waals surface area contributed by atoms with E-state index in [1.165, 1.54) is 53.2 Å². The second-order valence-electron chi connectivity index (χ2n) is 24.7. The number of ether oxygens (including phenoxy) is 5. The van der Waals surface area contributed by atoms with E-state index in [1.807, 2.05) is 5.32 Å². The molecule has 11 N–H and O–H groups in total. The molecule has 0 spiro atoms. The number of amides is 3. The summed E-state index contributed by atoms with van der Waals surface area (Å²) in [5, 5.41) is 92.3. The smallest absolute Gasteiger partial charge is 0.312 e. The highest BCUT2D eigenvalue weighted by Crippen LogP contribution is 2.51. The molecule has 0 radical (unpaired) electrons. The number of methoxy groups -OCH3 is 1. The number of aliphatic hydroxyl groups excluding tert-OH is 4. The zero-order valence-electron chi connectivity index (χ0n) is 52.0. The zero-order valence-corrected chi connectivity index (χ0v) is 52.0. The second kappa shape index (κ2) is 25.8. The number of hydrogen-bond donors (Lipinski definition) is 11. The summed E-state index contributed by atoms with van der Waals surface area (Å²) in [6.07, 6.45) is 1.58. The van der Waals surface area contributed by atoms with Gasteiger partial charge < -0.3 is 89.8 Å². The van der Waals surface area contributed by atoms with Crippen LogP contribution in [0.5, 0.6) is 17.2 Å². The quantitative estimate of drug-likeness (QED) is 0.0522. The van der Waals surface area contributed by atoms with Gasteiger partial charge in [0.2, 0.25) is 11.2 Å². The molecule has 13 atom stereocenters. The maximum absolute atomic E-state index is 14.9. The minimum atomic E-state index is -2.31. The van der Waals surface area contributed by atoms with Crippen molar-refractivity contribution >= 4 is 62.7 Å². The predicted octanol–water partition coefficient (Wildman–Crippen LogP) is 3.13. The third-order valence-electron chi connectivity index (χ3n) is 17.6. The van der Waals surface area contributed by atoms with E-state index in [1.54, 1.807) is 52.0 Å². The lowest BCUT2D eigenvalue weighted by Crippen LogP contribution is -2.82. The van der Waals surface area contributed by atoms with E-state index in [4.69, 9.17) is 38.2 Å². The average Bonchev–Trinajstić information content (AvgIpc) is 1.73. The molecule has 6 bridgehead atoms. The number of phenolic OH excluding ortho intramolecular Hbond substituents is 2. The fraction of sp³-hybridized carbons (Fsp3) is 0.540. The number of nitrogens with one attached hydrogen (secondary N) is 3. The molecule has 89 heavy (non-hydrogen) atoms. The fourth-order valence-electron chi connectivity index (χ4n) is 12.1. The van der Waals surface area contributed by atoms with Crippen molar-refractivity contribution in [2.24, 2.45) is 29.6 Å². The molecule has 2 aromatic rings. The van der Waals surface area contributed by atoms with Crippen LogP contribution in [0.1, 0.15) is 91.6 Å². The number of hydrogen-bond acceptors (Lipinski definition) is 23. The number of aromatic nitrogens is 1. The Hall–Kier alpha value is -7.53. The molecule has 7 heterocycles. The van der Waals surface area contributed by atoms with Crippen LogP contribution in [0, 0.1) is 36.5 Å². The van der Waals surface area contributed by atoms with E-state index >= 15 is 0 Å². The van der Waals surface area contributed by atoms with Crippen molar-refractivity contribution in [1.29, 1.82) is 0 Å². The predicted molar refractivity (Wildman–Crippen MR) is 323 cm³/mol. The lowest BCUT2D eigenvalue weighted by Gasteiger charge is -2.49. The Balaban J connectivity index is 0.000000410. The van der Waals surface area contributed by atoms with Gasteiger partial charge in [-0.1, -0.05) is 66.3 Å². The SMILES string of the molecule is C=C1CCO[C@]2(C(O)C(C)(O)CO)NC(=O)[C@@]1(O)NC2=O.CO[C@H]1/C=C/O[C@@]2(C)Oc3c(C)c(O)c4c(=O)c(c5oc6cc(N7CCN(CC(C)C)CC7)cc(O)c6nc-5c4c3C2=O)NC(=O)/C(C)=C\C=C\[C@H](C)[C@H](O)[C@@H](C)[C@@H](O)[C@@H](C)[C@H](OC(C)=O)[C@@H]1C. The van der Waals surface area contributed by atoms with E-state index in [2.05, 4.69) is 40.9 Å². The first-order valence-electron chi connectivity index (χ1n) is 29.5. The van der Waals surface area contributed by atoms with E-state index in [9.17, 15) is 64.5 Å². The highest BCUT2D eigenvalue weighted by atomic mass is 16.7. The van der Waals surface area contributed by atoms with Crippen molar-refractivity contribution < 1.29 is 92.9 Å². The van der Waals surface area contributed by atoms with Crippen LogP contribution in [0.4, 0.5) is 11.4 Å². The number of Topliss-reactive ketones (excluding diaryl/α,β-unsaturated/α-hetero) is 1. The van der Waals surface area contributed by atoms with Gasteiger partial charge in [-0.3, -0.25) is 33.7 Å². The van der Waals surface area contributed by atoms with Crippen LogP contribution in [0.25, 0.3) is 33.3 Å². The summed E-state index contributed by atoms with van der Waals surface area (Å²) in [5.74, 6) is -9.40. The molecule has 1 aliphatic carbocycles. The minimum Gasteiger partial charge on any atom is -0.507 e. The van der Waals surface area contributed by atoms with Crippen LogP contribution in [-0.2, 0) is 38.1 Å². The molecule has 26 heteroatoms. The highest BCUT2D eigenvalue weighted by Gasteiger charge is 2.63. The van der Waals surface area contributed by atoms with Crippen molar-refractivity contribution in [3.05, 3.63) is 81.8 Å². The molecule has 0 saturated carbocycles. The third kappa shape index (κ3) is 12.6. The van der Waals surface area contributed by atoms with Crippen LogP contribution in [-0.4, -0.2) is 187 Å². The fourth-order valence-corrected chi connectivity index (χ4v) is 12.1. The van der Waals surface area contributed by atoms with Gasteiger partial charge in [-0.2, -0.15) is 0 Å². The van der Waals surface area contributed by atoms with Gasteiger partial charge in [0, 0.05) is 112 Å². The Kier molecular flexibility index (Phi) is 19.5. The van der Waals surface area contributed by atoms with Gasteiger partial charge in [0.1, 0.15) is 52.0 Å². The van der Waals surface area contributed by atoms with Crippen LogP contribution in [0.15, 0.2) is 69.6 Å². The number of benzene rings is 3. The number of nitrogens with zero attached hydrogens (tertiary/aromatic N) is 3. The number of aliphatic hydroxyl groups is 6. The number of ketones is 1. The Labute approximate surface area is 513 Å². The van der Waals surface area contributed by atoms with Crippen molar-refractivity contribution in [2.75, 3.05) is 63.3 Å². The first-order chi connectivity index (χ1) is 41.7. The van der Waals surface area contributed by atoms with Crippen LogP contribution in [0.2, 0.25) is 0 Å². The molecule has 484 valence electrons. The summed E-state index contributed by atoms with van der Waals surface area (Å²) in [6.45, 7) is 24.4. The highest BCUT2D eigenvalue weighted by molar-refractivity contribution is 6.22. The second-order valence-corrected chi connectivity index (χ2v) is 24.7. The van der Waals surface area contributed by atoms with Crippen LogP contribution >= 0.6 is 0 Å². The lowest BCUT2D eigenvalue weighted by molar-refractivity contribution is -0.230. The Morgan fingerprint density at radius 2 is 1.63 bits per heavy atom. The standard InChI is InChI=1S/C51H64N4O13.C12H18N2O7/c1-24(2)23-54-16-18-55(19-17-54)32-21-33(57)39-35(22-32)67-48-40(52-39)36-37-44(60)30(8)47-38(36)49(62)51(10,68-47)65-20-15-34(64-11)27(5)46(66-31(9)56)29(7)43(59)28(6)42(58)25(3)13-12-14-26(4)50(63)53-41(48)45(37)61;1-6-3-4-21-12(7(16)10(2,19)5-15)9(18)13-11(6,20)8(17)14-12/h12-15,20-22,24-25,27-29,34,42-43,46,57-60H,16-19,23H2,1-11H3,(H,53,63);7,15-16,19-20H,1,3-5H2,2H3,(H,13,18)(H,14,17)/b13-12+,20-15+,26-14-;/t25-,27+,28+,29+,34-,42-,43+,46+,51-;7?,10?,11-,12+/m01/s1. The van der Waals surface area contributed by atoms with Crippen molar-refractivity contribution in [3.8, 4) is 28.7 Å². The minimum absolute atomic E-state index is 0.00679. The van der Waals surface area contributed by atoms with E-state index in [0.717, 1.165) is 26.6 Å². The van der Waals surface area contributed by atoms with Gasteiger partial charge in [0.05, 0.1) is 48.7 Å². The molecule has 4 fully saturated rings. The maximum Gasteiger partial charge on any atom is 0.312 e. The summed E-state index contributed by atoms with van der Waals surface area (Å²) >= 11 is 0. The summed E-state index contributed by atoms with van der Waals surface area (Å²) in [4.78, 5) is 89.8. The molecule has 26 nitrogen and oxygen atoms in total. The number of allylic oxidation sites excluding steroid dienone is 2. The summed E-state index contributed by atoms with van der Waals surface area (Å²) < 4.78 is 35.7. The number of anilines is 2. The Bertz CT molecular complexity index is 3570. The van der Waals surface area contributed by atoms with Gasteiger partial charge in [0.15, 0.2) is 11.3 Å². The number of carbonyl (C=O) groups excluding carboxylic acids is 5. The number of rotatable bonds is 8. The largest absolute Gasteiger partial charge is 0.507 e. The van der Waals surface area contributed by atoms with Gasteiger partial charge in [-0.25, -0.2) is 4.98 Å². The molecule has 8 aliphatic rings. The number of esters is 1. The Morgan fingerprint density at radius 3 is 2.26 bits per heavy atom. The van der Waals surface area contributed by atoms with Crippen LogP contribution in [0.3, 0.4) is 0 Å². The number of piperazine rings is 2. The molecule has 2 unspecified atom stereocenters. The van der Waals surface area contributed by atoms with E-state index in [-0.39, 0.29) is 85.8 Å². The normalized spacial score (nSPS) is 31.3. The molecule has 0 aromatic heterocycles. The molecule has 2 aromatic carbocycles. The van der Waals surface area contributed by atoms with E-state index < -0.39 is 124 Å². The van der Waals surface area contributed by atoms with Gasteiger partial charge >= 0.3 is 11.8 Å². The monoisotopic (exact) mass is 1240 g/mol. The third-order valence-corrected chi connectivity index (χ3v) is 17.6. The molecule has 10 rings (SSSR count). The average molecular weight is 1240 g/mol. The molecular formula is C63H82N6O20. The first-order valence-corrected chi connectivity index (χ1v) is 29.5. The van der Waals surface area contributed by atoms with Gasteiger partial charge in [-0.05, 0) is 44.8 Å². The van der Waals surface area contributed by atoms with Gasteiger partial charge in [0.25, 0.3) is 29.2 Å². The maximum atomic E-state index is 14.9. The Morgan fingerprint density at radius 1 is 0.955 bits per heavy atom. The van der Waals surface area contributed by atoms with Gasteiger partial charge in [-0.15, -0.1) is 0 Å². The van der Waals surface area contributed by atoms with Crippen molar-refractivity contribution in [2.45, 2.75) is 136 Å². The molecule has 3 amide bonds. The van der Waals surface area contributed by atoms with Crippen LogP contribution < -0.4 is 31.0 Å². The number of phenols is 2. The lowest BCUT2D eigenvalue weighted by atomic mass is 9.78. The summed E-state index contributed by atoms with van der Waals surface area (Å²) in [6, 6.07) is 3.28. The molecule has 7 aliphatic heterocycles. The summed E-state index contributed by atoms with van der Waals surface area (Å²) in [5.41, 5.74) is -7.33. The van der Waals surface area contributed by atoms with Crippen molar-refractivity contribution in [1.82, 2.24) is 20.5 Å². The topological polar surface area (TPSA) is 379 Å². The number of fused-ring (bicyclic) bond motifs is 7. The van der Waals surface area contributed by atoms with E-state index in [0.29, 0.717) is 24.7 Å². The number of aromatic hydroxyl groups is 2. The number of carbonyl (C=O) groups is 5. The zero-order chi connectivity index (χ0) is 65.7. The first kappa shape index (κ1) is 67.4.